The molecule has 0 aliphatic heterocycles. The maximum atomic E-state index is 5.82. The third kappa shape index (κ3) is 3.47. The van der Waals surface area contributed by atoms with E-state index >= 15 is 0 Å². The Labute approximate surface area is 174 Å². The van der Waals surface area contributed by atoms with Gasteiger partial charge in [0.25, 0.3) is 17.0 Å². The molecular weight excluding hydrogens is 406 g/mol. The molecule has 0 aliphatic carbocycles. The van der Waals surface area contributed by atoms with Gasteiger partial charge in [0.05, 0.1) is 16.2 Å². The number of aromatic nitrogens is 5. The molecule has 0 amide bonds. The van der Waals surface area contributed by atoms with Crippen LogP contribution < -0.4 is 0 Å². The quantitative estimate of drug-likeness (QED) is 0.361. The molecule has 0 fully saturated rings. The monoisotopic (exact) mass is 423 g/mol. The van der Waals surface area contributed by atoms with Crippen LogP contribution in [0.5, 0.6) is 0 Å². The van der Waals surface area contributed by atoms with Gasteiger partial charge in [-0.25, -0.2) is 0 Å². The van der Waals surface area contributed by atoms with E-state index in [9.17, 15) is 0 Å². The summed E-state index contributed by atoms with van der Waals surface area (Å²) < 4.78 is 11.6. The molecule has 146 valence electrons. The molecule has 4 heterocycles. The lowest BCUT2D eigenvalue weighted by Gasteiger charge is -1.92. The molecule has 29 heavy (non-hydrogen) atoms. The molecule has 0 aliphatic rings. The largest absolute Gasteiger partial charge is 0.419 e. The van der Waals surface area contributed by atoms with Gasteiger partial charge in [0.15, 0.2) is 0 Å². The number of H-pyrrole nitrogens is 1. The predicted octanol–water partition coefficient (Wildman–Crippen LogP) is 5.49. The van der Waals surface area contributed by atoms with Crippen LogP contribution in [0.4, 0.5) is 0 Å². The van der Waals surface area contributed by atoms with E-state index in [1.54, 1.807) is 11.3 Å². The van der Waals surface area contributed by atoms with Gasteiger partial charge in [-0.3, -0.25) is 0 Å². The maximum Gasteiger partial charge on any atom is 0.277 e. The molecule has 1 aromatic carbocycles. The Morgan fingerprint density at radius 2 is 1.93 bits per heavy atom. The van der Waals surface area contributed by atoms with E-state index in [2.05, 4.69) is 45.3 Å². The van der Waals surface area contributed by atoms with Crippen molar-refractivity contribution in [2.45, 2.75) is 31.2 Å². The number of aryl methyl sites for hydroxylation is 2. The van der Waals surface area contributed by atoms with Crippen LogP contribution in [0.1, 0.15) is 23.3 Å². The highest BCUT2D eigenvalue weighted by atomic mass is 32.2. The van der Waals surface area contributed by atoms with E-state index in [-0.39, 0.29) is 0 Å². The molecule has 0 radical (unpaired) electrons. The summed E-state index contributed by atoms with van der Waals surface area (Å²) in [6.45, 7) is 4.25. The van der Waals surface area contributed by atoms with Crippen LogP contribution >= 0.6 is 23.1 Å². The number of benzene rings is 1. The van der Waals surface area contributed by atoms with Gasteiger partial charge in [0.1, 0.15) is 0 Å². The maximum absolute atomic E-state index is 5.82. The SMILES string of the molecule is CCc1sc(-c2nnc(CSc3nnc(-c4c[nH]c5ccccc45)o3)o2)cc1C. The minimum absolute atomic E-state index is 0.463. The van der Waals surface area contributed by atoms with Crippen LogP contribution in [0.2, 0.25) is 0 Å². The lowest BCUT2D eigenvalue weighted by atomic mass is 10.2. The van der Waals surface area contributed by atoms with Gasteiger partial charge in [0.2, 0.25) is 5.89 Å². The van der Waals surface area contributed by atoms with Crippen LogP contribution in [0, 0.1) is 6.92 Å². The number of para-hydroxylation sites is 1. The highest BCUT2D eigenvalue weighted by Gasteiger charge is 2.16. The summed E-state index contributed by atoms with van der Waals surface area (Å²) >= 11 is 3.07. The van der Waals surface area contributed by atoms with E-state index in [1.807, 2.05) is 30.5 Å². The summed E-state index contributed by atoms with van der Waals surface area (Å²) in [5.74, 6) is 2.03. The number of aromatic amines is 1. The molecule has 0 saturated heterocycles. The topological polar surface area (TPSA) is 93.6 Å². The van der Waals surface area contributed by atoms with Gasteiger partial charge in [-0.2, -0.15) is 0 Å². The van der Waals surface area contributed by atoms with Crippen LogP contribution in [-0.2, 0) is 12.2 Å². The Kier molecular flexibility index (Phi) is 4.69. The molecule has 7 nitrogen and oxygen atoms in total. The van der Waals surface area contributed by atoms with Crippen molar-refractivity contribution in [2.24, 2.45) is 0 Å². The van der Waals surface area contributed by atoms with Crippen molar-refractivity contribution in [1.29, 1.82) is 0 Å². The molecule has 9 heteroatoms. The second-order valence-electron chi connectivity index (χ2n) is 6.48. The van der Waals surface area contributed by atoms with Crippen molar-refractivity contribution in [3.8, 4) is 22.2 Å². The third-order valence-corrected chi connectivity index (χ3v) is 6.74. The summed E-state index contributed by atoms with van der Waals surface area (Å²) in [4.78, 5) is 5.56. The number of thioether (sulfide) groups is 1. The molecule has 0 atom stereocenters. The Morgan fingerprint density at radius 1 is 1.07 bits per heavy atom. The lowest BCUT2D eigenvalue weighted by Crippen LogP contribution is -1.80. The lowest BCUT2D eigenvalue weighted by molar-refractivity contribution is 0.464. The zero-order valence-corrected chi connectivity index (χ0v) is 17.4. The fraction of sp³-hybridized carbons (Fsp3) is 0.200. The van der Waals surface area contributed by atoms with Gasteiger partial charge in [0, 0.05) is 22.0 Å². The summed E-state index contributed by atoms with van der Waals surface area (Å²) in [5.41, 5.74) is 3.18. The first kappa shape index (κ1) is 18.1. The van der Waals surface area contributed by atoms with Gasteiger partial charge in [-0.05, 0) is 31.0 Å². The Bertz CT molecular complexity index is 1280. The summed E-state index contributed by atoms with van der Waals surface area (Å²) in [5, 5.41) is 18.1. The fourth-order valence-electron chi connectivity index (χ4n) is 3.14. The summed E-state index contributed by atoms with van der Waals surface area (Å²) in [6, 6.07) is 10.1. The normalized spacial score (nSPS) is 11.5. The van der Waals surface area contributed by atoms with Crippen molar-refractivity contribution in [3.63, 3.8) is 0 Å². The zero-order chi connectivity index (χ0) is 19.8. The molecule has 4 aromatic heterocycles. The van der Waals surface area contributed by atoms with Gasteiger partial charge >= 0.3 is 0 Å². The van der Waals surface area contributed by atoms with Crippen LogP contribution in [0.15, 0.2) is 50.6 Å². The number of thiophene rings is 1. The number of nitrogens with one attached hydrogen (secondary N) is 1. The molecule has 5 aromatic rings. The zero-order valence-electron chi connectivity index (χ0n) is 15.8. The van der Waals surface area contributed by atoms with Crippen molar-refractivity contribution < 1.29 is 8.83 Å². The third-order valence-electron chi connectivity index (χ3n) is 4.56. The molecule has 0 unspecified atom stereocenters. The highest BCUT2D eigenvalue weighted by molar-refractivity contribution is 7.98. The molecule has 5 rings (SSSR count). The van der Waals surface area contributed by atoms with Crippen LogP contribution in [-0.4, -0.2) is 25.4 Å². The first-order chi connectivity index (χ1) is 14.2. The van der Waals surface area contributed by atoms with E-state index in [0.29, 0.717) is 28.6 Å². The molecule has 0 bridgehead atoms. The Balaban J connectivity index is 1.29. The fourth-order valence-corrected chi connectivity index (χ4v) is 4.77. The van der Waals surface area contributed by atoms with Crippen molar-refractivity contribution in [3.05, 3.63) is 52.9 Å². The van der Waals surface area contributed by atoms with Crippen molar-refractivity contribution in [1.82, 2.24) is 25.4 Å². The van der Waals surface area contributed by atoms with E-state index in [0.717, 1.165) is 27.8 Å². The summed E-state index contributed by atoms with van der Waals surface area (Å²) in [7, 11) is 0. The predicted molar refractivity (Wildman–Crippen MR) is 113 cm³/mol. The first-order valence-electron chi connectivity index (χ1n) is 9.16. The highest BCUT2D eigenvalue weighted by Crippen LogP contribution is 2.33. The van der Waals surface area contributed by atoms with E-state index in [1.165, 1.54) is 22.2 Å². The second-order valence-corrected chi connectivity index (χ2v) is 8.54. The van der Waals surface area contributed by atoms with E-state index in [4.69, 9.17) is 8.83 Å². The number of rotatable bonds is 6. The van der Waals surface area contributed by atoms with Crippen LogP contribution in [0.25, 0.3) is 33.1 Å². The minimum atomic E-state index is 0.463. The van der Waals surface area contributed by atoms with Gasteiger partial charge in [-0.15, -0.1) is 31.7 Å². The Morgan fingerprint density at radius 3 is 2.79 bits per heavy atom. The first-order valence-corrected chi connectivity index (χ1v) is 11.0. The second kappa shape index (κ2) is 7.49. The smallest absolute Gasteiger partial charge is 0.277 e. The van der Waals surface area contributed by atoms with E-state index < -0.39 is 0 Å². The number of fused-ring (bicyclic) bond motifs is 1. The van der Waals surface area contributed by atoms with Gasteiger partial charge in [-0.1, -0.05) is 36.9 Å². The molecule has 1 N–H and O–H groups in total. The number of hydrogen-bond donors (Lipinski definition) is 1. The Hall–Kier alpha value is -2.91. The average molecular weight is 424 g/mol. The molecular formula is C20H17N5O2S2. The van der Waals surface area contributed by atoms with Crippen molar-refractivity contribution in [2.75, 3.05) is 0 Å². The average Bonchev–Trinajstić information content (AvgIpc) is 3.51. The minimum Gasteiger partial charge on any atom is -0.419 e. The number of nitrogens with zero attached hydrogens (tertiary/aromatic N) is 4. The summed E-state index contributed by atoms with van der Waals surface area (Å²) in [6.07, 6.45) is 2.88. The standard InChI is InChI=1S/C20H17N5O2S2/c1-3-15-11(2)8-16(29-15)19-24-22-17(26-19)10-28-20-25-23-18(27-20)13-9-21-14-7-5-4-6-12(13)14/h4-9,21H,3,10H2,1-2H3. The van der Waals surface area contributed by atoms with Crippen LogP contribution in [0.3, 0.4) is 0 Å². The molecule has 0 saturated carbocycles. The number of hydrogen-bond acceptors (Lipinski definition) is 8. The van der Waals surface area contributed by atoms with Gasteiger partial charge < -0.3 is 13.8 Å². The van der Waals surface area contributed by atoms with Crippen molar-refractivity contribution >= 4 is 34.0 Å². The molecule has 0 spiro atoms.